The molecule has 2 aliphatic heterocycles. The largest absolute Gasteiger partial charge is 0.416 e. The van der Waals surface area contributed by atoms with Gasteiger partial charge in [-0.05, 0) is 37.8 Å². The van der Waals surface area contributed by atoms with Crippen LogP contribution in [0.3, 0.4) is 0 Å². The zero-order valence-electron chi connectivity index (χ0n) is 10.6. The molecule has 0 spiro atoms. The van der Waals surface area contributed by atoms with Gasteiger partial charge in [0.05, 0.1) is 11.3 Å². The Balaban J connectivity index is 1.95. The van der Waals surface area contributed by atoms with Crippen LogP contribution in [0.1, 0.15) is 36.9 Å². The summed E-state index contributed by atoms with van der Waals surface area (Å²) < 4.78 is 50.1. The zero-order chi connectivity index (χ0) is 14.5. The number of rotatable bonds is 1. The number of halogens is 3. The quantitative estimate of drug-likeness (QED) is 0.866. The average molecular weight is 305 g/mol. The maximum absolute atomic E-state index is 12.7. The van der Waals surface area contributed by atoms with Gasteiger partial charge < -0.3 is 5.11 Å². The van der Waals surface area contributed by atoms with Crippen molar-refractivity contribution in [2.75, 3.05) is 0 Å². The van der Waals surface area contributed by atoms with Crippen LogP contribution in [-0.4, -0.2) is 24.8 Å². The van der Waals surface area contributed by atoms with Gasteiger partial charge in [0.2, 0.25) is 0 Å². The molecule has 1 aromatic heterocycles. The third kappa shape index (κ3) is 2.26. The lowest BCUT2D eigenvalue weighted by atomic mass is 9.89. The molecular weight excluding hydrogens is 291 g/mol. The Morgan fingerprint density at radius 3 is 2.45 bits per heavy atom. The molecule has 1 aromatic rings. The first-order valence-corrected chi connectivity index (χ1v) is 7.73. The molecule has 0 radical (unpaired) electrons. The van der Waals surface area contributed by atoms with Crippen molar-refractivity contribution in [2.45, 2.75) is 48.0 Å². The summed E-state index contributed by atoms with van der Waals surface area (Å²) in [4.78, 5) is 3.92. The van der Waals surface area contributed by atoms with Crippen molar-refractivity contribution in [3.63, 3.8) is 0 Å². The summed E-state index contributed by atoms with van der Waals surface area (Å²) >= 11 is 0. The van der Waals surface area contributed by atoms with Crippen LogP contribution in [0, 0.1) is 0 Å². The van der Waals surface area contributed by atoms with Crippen LogP contribution in [-0.2, 0) is 22.6 Å². The highest BCUT2D eigenvalue weighted by molar-refractivity contribution is 7.86. The van der Waals surface area contributed by atoms with Crippen molar-refractivity contribution < 1.29 is 22.5 Å². The van der Waals surface area contributed by atoms with Gasteiger partial charge in [-0.25, -0.2) is 0 Å². The molecule has 2 bridgehead atoms. The Hall–Kier alpha value is -0.950. The Morgan fingerprint density at radius 2 is 1.90 bits per heavy atom. The summed E-state index contributed by atoms with van der Waals surface area (Å²) in [5.74, 6) is 0. The first-order valence-electron chi connectivity index (χ1n) is 6.45. The normalized spacial score (nSPS) is 37.1. The monoisotopic (exact) mass is 305 g/mol. The molecule has 2 unspecified atom stereocenters. The highest BCUT2D eigenvalue weighted by Gasteiger charge is 2.49. The van der Waals surface area contributed by atoms with Gasteiger partial charge in [0.15, 0.2) is 0 Å². The molecule has 20 heavy (non-hydrogen) atoms. The fourth-order valence-electron chi connectivity index (χ4n) is 3.15. The molecule has 7 heteroatoms. The third-order valence-electron chi connectivity index (χ3n) is 4.16. The summed E-state index contributed by atoms with van der Waals surface area (Å²) in [5.41, 5.74) is -2.16. The average Bonchev–Trinajstić information content (AvgIpc) is 2.62. The predicted molar refractivity (Wildman–Crippen MR) is 67.3 cm³/mol. The summed E-state index contributed by atoms with van der Waals surface area (Å²) in [6, 6.07) is 1.80. The minimum Gasteiger partial charge on any atom is -0.383 e. The van der Waals surface area contributed by atoms with Crippen molar-refractivity contribution in [1.29, 1.82) is 0 Å². The van der Waals surface area contributed by atoms with Crippen LogP contribution in [0.15, 0.2) is 18.3 Å². The molecule has 0 amide bonds. The predicted octanol–water partition coefficient (Wildman–Crippen LogP) is 2.36. The van der Waals surface area contributed by atoms with Gasteiger partial charge in [-0.15, -0.1) is 0 Å². The van der Waals surface area contributed by atoms with Crippen LogP contribution in [0.4, 0.5) is 13.2 Å². The second kappa shape index (κ2) is 4.53. The molecular formula is C13H14F3NO2S. The van der Waals surface area contributed by atoms with E-state index in [9.17, 15) is 22.5 Å². The van der Waals surface area contributed by atoms with E-state index >= 15 is 0 Å². The number of fused-ring (bicyclic) bond motifs is 2. The molecule has 3 heterocycles. The van der Waals surface area contributed by atoms with Crippen LogP contribution >= 0.6 is 0 Å². The SMILES string of the molecule is O=S1C2CCC1CC(O)(c1cc(C(F)(F)F)ccn1)C2. The molecule has 2 atom stereocenters. The Labute approximate surface area is 116 Å². The molecule has 2 fully saturated rings. The minimum absolute atomic E-state index is 0.0425. The lowest BCUT2D eigenvalue weighted by Gasteiger charge is -2.35. The fourth-order valence-corrected chi connectivity index (χ4v) is 5.31. The Morgan fingerprint density at radius 1 is 1.30 bits per heavy atom. The lowest BCUT2D eigenvalue weighted by Crippen LogP contribution is -2.41. The summed E-state index contributed by atoms with van der Waals surface area (Å²) in [7, 11) is -0.971. The van der Waals surface area contributed by atoms with E-state index in [1.807, 2.05) is 0 Å². The molecule has 0 saturated carbocycles. The van der Waals surface area contributed by atoms with E-state index in [0.29, 0.717) is 0 Å². The van der Waals surface area contributed by atoms with E-state index in [-0.39, 0.29) is 29.0 Å². The summed E-state index contributed by atoms with van der Waals surface area (Å²) in [5, 5.41) is 10.4. The van der Waals surface area contributed by atoms with Crippen molar-refractivity contribution in [3.05, 3.63) is 29.6 Å². The summed E-state index contributed by atoms with van der Waals surface area (Å²) in [6.45, 7) is 0. The van der Waals surface area contributed by atoms with E-state index in [0.717, 1.165) is 31.2 Å². The van der Waals surface area contributed by atoms with Crippen LogP contribution in [0.25, 0.3) is 0 Å². The topological polar surface area (TPSA) is 50.2 Å². The van der Waals surface area contributed by atoms with Gasteiger partial charge in [0, 0.05) is 27.5 Å². The zero-order valence-corrected chi connectivity index (χ0v) is 11.4. The standard InChI is InChI=1S/C13H14F3NO2S/c14-13(15,16)8-3-4-17-11(5-8)12(18)6-9-1-2-10(7-12)20(9)19/h3-5,9-10,18H,1-2,6-7H2. The van der Waals surface area contributed by atoms with Gasteiger partial charge in [-0.1, -0.05) is 0 Å². The number of alkyl halides is 3. The lowest BCUT2D eigenvalue weighted by molar-refractivity contribution is -0.137. The van der Waals surface area contributed by atoms with E-state index in [4.69, 9.17) is 0 Å². The highest BCUT2D eigenvalue weighted by Crippen LogP contribution is 2.45. The number of hydrogen-bond acceptors (Lipinski definition) is 3. The first kappa shape index (κ1) is 14.0. The Kier molecular flexibility index (Phi) is 3.17. The second-order valence-corrected chi connectivity index (χ2v) is 7.51. The van der Waals surface area contributed by atoms with Gasteiger partial charge in [0.1, 0.15) is 5.60 Å². The van der Waals surface area contributed by atoms with Crippen molar-refractivity contribution >= 4 is 10.8 Å². The fraction of sp³-hybridized carbons (Fsp3) is 0.615. The van der Waals surface area contributed by atoms with Gasteiger partial charge in [-0.2, -0.15) is 13.2 Å². The second-order valence-electron chi connectivity index (χ2n) is 5.52. The maximum Gasteiger partial charge on any atom is 0.416 e. The van der Waals surface area contributed by atoms with E-state index in [1.165, 1.54) is 0 Å². The van der Waals surface area contributed by atoms with Crippen molar-refractivity contribution in [3.8, 4) is 0 Å². The van der Waals surface area contributed by atoms with Crippen molar-refractivity contribution in [1.82, 2.24) is 4.98 Å². The molecule has 3 rings (SSSR count). The van der Waals surface area contributed by atoms with Crippen LogP contribution in [0.5, 0.6) is 0 Å². The molecule has 3 nitrogen and oxygen atoms in total. The highest BCUT2D eigenvalue weighted by atomic mass is 32.2. The maximum atomic E-state index is 12.7. The van der Waals surface area contributed by atoms with Crippen LogP contribution < -0.4 is 0 Å². The first-order chi connectivity index (χ1) is 9.29. The molecule has 0 aromatic carbocycles. The third-order valence-corrected chi connectivity index (χ3v) is 6.28. The van der Waals surface area contributed by atoms with E-state index in [2.05, 4.69) is 4.98 Å². The number of nitrogens with zero attached hydrogens (tertiary/aromatic N) is 1. The minimum atomic E-state index is -4.45. The molecule has 110 valence electrons. The number of pyridine rings is 1. The smallest absolute Gasteiger partial charge is 0.383 e. The number of hydrogen-bond donors (Lipinski definition) is 1. The van der Waals surface area contributed by atoms with E-state index < -0.39 is 28.1 Å². The summed E-state index contributed by atoms with van der Waals surface area (Å²) in [6.07, 6.45) is -1.40. The Bertz CT molecular complexity index is 545. The number of aromatic nitrogens is 1. The van der Waals surface area contributed by atoms with Gasteiger partial charge >= 0.3 is 6.18 Å². The molecule has 2 aliphatic rings. The van der Waals surface area contributed by atoms with Gasteiger partial charge in [-0.3, -0.25) is 9.19 Å². The molecule has 2 saturated heterocycles. The van der Waals surface area contributed by atoms with E-state index in [1.54, 1.807) is 0 Å². The van der Waals surface area contributed by atoms with Gasteiger partial charge in [0.25, 0.3) is 0 Å². The molecule has 1 N–H and O–H groups in total. The van der Waals surface area contributed by atoms with Crippen LogP contribution in [0.2, 0.25) is 0 Å². The number of aliphatic hydroxyl groups is 1. The molecule has 0 aliphatic carbocycles. The van der Waals surface area contributed by atoms with Crippen molar-refractivity contribution in [2.24, 2.45) is 0 Å².